The van der Waals surface area contributed by atoms with Gasteiger partial charge in [-0.2, -0.15) is 0 Å². The smallest absolute Gasteiger partial charge is 0.254 e. The Balaban J connectivity index is 1.59. The van der Waals surface area contributed by atoms with Crippen LogP contribution in [0.1, 0.15) is 15.9 Å². The molecule has 2 heterocycles. The summed E-state index contributed by atoms with van der Waals surface area (Å²) in [4.78, 5) is 33.9. The second-order valence-corrected chi connectivity index (χ2v) is 8.17. The molecule has 1 atom stereocenters. The molecule has 1 aliphatic rings. The molecule has 0 N–H and O–H groups in total. The fourth-order valence-corrected chi connectivity index (χ4v) is 4.23. The van der Waals surface area contributed by atoms with E-state index >= 15 is 0 Å². The van der Waals surface area contributed by atoms with E-state index in [-0.39, 0.29) is 23.9 Å². The van der Waals surface area contributed by atoms with E-state index in [0.29, 0.717) is 26.1 Å². The predicted octanol–water partition coefficient (Wildman–Crippen LogP) is 4.22. The van der Waals surface area contributed by atoms with Gasteiger partial charge in [0.2, 0.25) is 5.91 Å². The molecule has 1 saturated heterocycles. The molecular formula is C27H26FN3O2. The van der Waals surface area contributed by atoms with Crippen molar-refractivity contribution in [3.8, 4) is 11.1 Å². The molecule has 1 aliphatic heterocycles. The zero-order valence-electron chi connectivity index (χ0n) is 18.4. The highest BCUT2D eigenvalue weighted by atomic mass is 19.1. The summed E-state index contributed by atoms with van der Waals surface area (Å²) in [7, 11) is 0. The van der Waals surface area contributed by atoms with Gasteiger partial charge in [-0.3, -0.25) is 14.6 Å². The van der Waals surface area contributed by atoms with Crippen LogP contribution in [0.3, 0.4) is 0 Å². The van der Waals surface area contributed by atoms with Gasteiger partial charge >= 0.3 is 0 Å². The summed E-state index contributed by atoms with van der Waals surface area (Å²) >= 11 is 0. The topological polar surface area (TPSA) is 53.5 Å². The van der Waals surface area contributed by atoms with E-state index in [1.807, 2.05) is 30.3 Å². The lowest BCUT2D eigenvalue weighted by molar-refractivity contribution is -0.134. The van der Waals surface area contributed by atoms with Crippen molar-refractivity contribution >= 4 is 11.8 Å². The van der Waals surface area contributed by atoms with Crippen LogP contribution in [-0.2, 0) is 11.2 Å². The zero-order chi connectivity index (χ0) is 23.2. The van der Waals surface area contributed by atoms with Gasteiger partial charge in [0.1, 0.15) is 5.82 Å². The number of carbonyl (C=O) groups is 2. The van der Waals surface area contributed by atoms with E-state index in [2.05, 4.69) is 17.6 Å². The summed E-state index contributed by atoms with van der Waals surface area (Å²) in [5, 5.41) is 0. The van der Waals surface area contributed by atoms with Crippen LogP contribution in [0.2, 0.25) is 0 Å². The fraction of sp³-hybridized carbons (Fsp3) is 0.222. The number of pyridine rings is 1. The first-order valence-corrected chi connectivity index (χ1v) is 11.0. The second kappa shape index (κ2) is 10.2. The van der Waals surface area contributed by atoms with Crippen molar-refractivity contribution < 1.29 is 14.0 Å². The van der Waals surface area contributed by atoms with Crippen molar-refractivity contribution in [2.75, 3.05) is 26.2 Å². The van der Waals surface area contributed by atoms with Crippen molar-refractivity contribution in [3.05, 3.63) is 103 Å². The van der Waals surface area contributed by atoms with Gasteiger partial charge < -0.3 is 9.80 Å². The molecule has 4 rings (SSSR count). The zero-order valence-corrected chi connectivity index (χ0v) is 18.4. The third-order valence-electron chi connectivity index (χ3n) is 5.87. The van der Waals surface area contributed by atoms with Crippen molar-refractivity contribution in [1.29, 1.82) is 0 Å². The number of hydrogen-bond donors (Lipinski definition) is 0. The third kappa shape index (κ3) is 5.34. The number of rotatable bonds is 6. The normalized spacial score (nSPS) is 16.4. The molecule has 1 fully saturated rings. The van der Waals surface area contributed by atoms with Gasteiger partial charge in [0, 0.05) is 44.1 Å². The first-order valence-electron chi connectivity index (χ1n) is 11.0. The lowest BCUT2D eigenvalue weighted by Crippen LogP contribution is -2.38. The first-order chi connectivity index (χ1) is 16.0. The van der Waals surface area contributed by atoms with Crippen LogP contribution >= 0.6 is 0 Å². The Morgan fingerprint density at radius 1 is 1.06 bits per heavy atom. The lowest BCUT2D eigenvalue weighted by Gasteiger charge is -2.24. The minimum atomic E-state index is -0.454. The number of amides is 2. The Labute approximate surface area is 193 Å². The number of carbonyl (C=O) groups excluding carboxylic acids is 2. The summed E-state index contributed by atoms with van der Waals surface area (Å²) in [6, 6.07) is 17.6. The van der Waals surface area contributed by atoms with Crippen molar-refractivity contribution in [2.45, 2.75) is 6.42 Å². The summed E-state index contributed by atoms with van der Waals surface area (Å²) in [6.07, 6.45) is 5.70. The first kappa shape index (κ1) is 22.4. The van der Waals surface area contributed by atoms with Crippen molar-refractivity contribution in [2.24, 2.45) is 5.92 Å². The molecule has 0 saturated carbocycles. The minimum Gasteiger partial charge on any atom is -0.337 e. The summed E-state index contributed by atoms with van der Waals surface area (Å²) < 4.78 is 13.7. The number of aromatic nitrogens is 1. The molecule has 2 aromatic carbocycles. The molecule has 0 aliphatic carbocycles. The highest BCUT2D eigenvalue weighted by molar-refractivity contribution is 5.95. The van der Waals surface area contributed by atoms with Crippen LogP contribution in [0.25, 0.3) is 11.1 Å². The maximum absolute atomic E-state index is 13.7. The monoisotopic (exact) mass is 443 g/mol. The molecule has 0 unspecified atom stereocenters. The van der Waals surface area contributed by atoms with Crippen LogP contribution in [0.15, 0.2) is 85.7 Å². The molecule has 0 spiro atoms. The van der Waals surface area contributed by atoms with E-state index in [9.17, 15) is 14.0 Å². The highest BCUT2D eigenvalue weighted by Crippen LogP contribution is 2.23. The minimum absolute atomic E-state index is 0.00115. The molecule has 0 radical (unpaired) electrons. The summed E-state index contributed by atoms with van der Waals surface area (Å²) in [6.45, 7) is 5.28. The summed E-state index contributed by atoms with van der Waals surface area (Å²) in [5.74, 6) is -1.13. The average Bonchev–Trinajstić information content (AvgIpc) is 2.99. The maximum Gasteiger partial charge on any atom is 0.254 e. The molecule has 5 nitrogen and oxygen atoms in total. The molecule has 33 heavy (non-hydrogen) atoms. The number of nitrogens with zero attached hydrogens (tertiary/aromatic N) is 3. The van der Waals surface area contributed by atoms with Gasteiger partial charge in [-0.25, -0.2) is 4.39 Å². The molecule has 0 bridgehead atoms. The van der Waals surface area contributed by atoms with Gasteiger partial charge in [-0.1, -0.05) is 36.4 Å². The van der Waals surface area contributed by atoms with E-state index < -0.39 is 11.7 Å². The predicted molar refractivity (Wildman–Crippen MR) is 126 cm³/mol. The van der Waals surface area contributed by atoms with Crippen LogP contribution < -0.4 is 0 Å². The molecule has 2 amide bonds. The Morgan fingerprint density at radius 3 is 2.61 bits per heavy atom. The van der Waals surface area contributed by atoms with Gasteiger partial charge in [-0.15, -0.1) is 6.58 Å². The van der Waals surface area contributed by atoms with E-state index in [4.69, 9.17) is 0 Å². The molecule has 3 aromatic rings. The van der Waals surface area contributed by atoms with Crippen LogP contribution in [0.4, 0.5) is 4.39 Å². The summed E-state index contributed by atoms with van der Waals surface area (Å²) in [5.41, 5.74) is 3.40. The van der Waals surface area contributed by atoms with Crippen molar-refractivity contribution in [1.82, 2.24) is 14.8 Å². The largest absolute Gasteiger partial charge is 0.337 e. The Bertz CT molecular complexity index is 1150. The van der Waals surface area contributed by atoms with Gasteiger partial charge in [0.05, 0.1) is 5.92 Å². The Kier molecular flexibility index (Phi) is 6.93. The SMILES string of the molecule is C=CCN1CCN(C(=O)c2cccc(F)c2)C[C@@H](Cc2cccc(-c3ccncc3)c2)C1=O. The lowest BCUT2D eigenvalue weighted by atomic mass is 9.95. The van der Waals surface area contributed by atoms with Crippen molar-refractivity contribution in [3.63, 3.8) is 0 Å². The average molecular weight is 444 g/mol. The Morgan fingerprint density at radius 2 is 1.85 bits per heavy atom. The van der Waals surface area contributed by atoms with Crippen LogP contribution in [0.5, 0.6) is 0 Å². The molecule has 6 heteroatoms. The van der Waals surface area contributed by atoms with Gasteiger partial charge in [0.25, 0.3) is 5.91 Å². The second-order valence-electron chi connectivity index (χ2n) is 8.17. The molecule has 168 valence electrons. The van der Waals surface area contributed by atoms with E-state index in [1.165, 1.54) is 18.2 Å². The number of hydrogen-bond acceptors (Lipinski definition) is 3. The standard InChI is InChI=1S/C27H26FN3O2/c1-2-13-30-14-15-31(26(32)23-7-4-8-25(28)18-23)19-24(27(30)33)17-20-5-3-6-22(16-20)21-9-11-29-12-10-21/h2-12,16,18,24H,1,13-15,17,19H2/t24-/m1/s1. The molecule has 1 aromatic heterocycles. The van der Waals surface area contributed by atoms with E-state index in [0.717, 1.165) is 16.7 Å². The van der Waals surface area contributed by atoms with Crippen LogP contribution in [-0.4, -0.2) is 52.8 Å². The third-order valence-corrected chi connectivity index (χ3v) is 5.87. The van der Waals surface area contributed by atoms with Crippen LogP contribution in [0, 0.1) is 11.7 Å². The van der Waals surface area contributed by atoms with Gasteiger partial charge in [0.15, 0.2) is 0 Å². The quantitative estimate of drug-likeness (QED) is 0.536. The van der Waals surface area contributed by atoms with E-state index in [1.54, 1.807) is 34.3 Å². The van der Waals surface area contributed by atoms with Gasteiger partial charge in [-0.05, 0) is 53.4 Å². The number of benzene rings is 2. The number of halogens is 1. The Hall–Kier alpha value is -3.80. The highest BCUT2D eigenvalue weighted by Gasteiger charge is 2.32. The molecular weight excluding hydrogens is 417 g/mol. The fourth-order valence-electron chi connectivity index (χ4n) is 4.23. The maximum atomic E-state index is 13.7.